The molecule has 9 nitrogen and oxygen atoms in total. The molecule has 1 amide bonds. The van der Waals surface area contributed by atoms with Gasteiger partial charge in [-0.15, -0.1) is 11.3 Å². The Hall–Kier alpha value is -5.27. The molecule has 0 spiro atoms. The number of benzene rings is 3. The zero-order valence-corrected chi connectivity index (χ0v) is 23.3. The number of carbonyl (C=O) groups is 1. The van der Waals surface area contributed by atoms with Gasteiger partial charge in [0.15, 0.2) is 0 Å². The van der Waals surface area contributed by atoms with E-state index in [4.69, 9.17) is 19.9 Å². The van der Waals surface area contributed by atoms with Crippen LogP contribution in [-0.2, 0) is 4.79 Å². The third-order valence-electron chi connectivity index (χ3n) is 6.68. The van der Waals surface area contributed by atoms with E-state index in [1.165, 1.54) is 11.7 Å². The lowest BCUT2D eigenvalue weighted by Crippen LogP contribution is -2.40. The van der Waals surface area contributed by atoms with Crippen LogP contribution in [0.3, 0.4) is 0 Å². The van der Waals surface area contributed by atoms with Crippen LogP contribution in [0, 0.1) is 11.3 Å². The summed E-state index contributed by atoms with van der Waals surface area (Å²) >= 11 is 1.13. The van der Waals surface area contributed by atoms with E-state index in [1.807, 2.05) is 12.1 Å². The van der Waals surface area contributed by atoms with E-state index in [-0.39, 0.29) is 17.0 Å². The van der Waals surface area contributed by atoms with Gasteiger partial charge in [-0.2, -0.15) is 5.26 Å². The highest BCUT2D eigenvalue weighted by atomic mass is 32.1. The first-order valence-electron chi connectivity index (χ1n) is 12.5. The van der Waals surface area contributed by atoms with Crippen LogP contribution < -0.4 is 40.0 Å². The second-order valence-corrected chi connectivity index (χ2v) is 10.1. The maximum Gasteiger partial charge on any atom is 0.274 e. The van der Waals surface area contributed by atoms with E-state index in [9.17, 15) is 14.9 Å². The Bertz CT molecular complexity index is 1900. The Morgan fingerprint density at radius 2 is 1.63 bits per heavy atom. The Morgan fingerprint density at radius 1 is 0.976 bits per heavy atom. The number of nitrogens with one attached hydrogen (secondary N) is 1. The standard InChI is InChI=1S/C31H26N4O5S/c1-38-21-12-10-20(11-13-21)34-29(36)27-26(19-7-5-9-23(16-19)40-3)24(17-32)28(33)35-30(37)25(41-31(27)35)15-18-6-4-8-22(14-18)39-2/h4-16,26H,33H2,1-3H3,(H,34,36)/b25-15-. The molecule has 3 N–H and O–H groups in total. The normalized spacial score (nSPS) is 14.7. The van der Waals surface area contributed by atoms with E-state index < -0.39 is 17.4 Å². The minimum absolute atomic E-state index is 0.0251. The van der Waals surface area contributed by atoms with Crippen molar-refractivity contribution < 1.29 is 19.0 Å². The summed E-state index contributed by atoms with van der Waals surface area (Å²) in [6.45, 7) is 0. The quantitative estimate of drug-likeness (QED) is 0.352. The number of methoxy groups -OCH3 is 3. The van der Waals surface area contributed by atoms with Crippen LogP contribution in [-0.4, -0.2) is 31.8 Å². The smallest absolute Gasteiger partial charge is 0.274 e. The van der Waals surface area contributed by atoms with Crippen LogP contribution in [0.2, 0.25) is 0 Å². The van der Waals surface area contributed by atoms with Crippen molar-refractivity contribution in [2.75, 3.05) is 26.6 Å². The number of carbonyl (C=O) groups excluding carboxylic acids is 1. The molecule has 0 radical (unpaired) electrons. The number of nitriles is 1. The number of hydrogen-bond donors (Lipinski definition) is 2. The van der Waals surface area contributed by atoms with E-state index in [0.29, 0.717) is 37.7 Å². The molecule has 5 rings (SSSR count). The highest BCUT2D eigenvalue weighted by molar-refractivity contribution is 7.07. The van der Waals surface area contributed by atoms with Crippen molar-refractivity contribution in [2.45, 2.75) is 5.92 Å². The molecule has 41 heavy (non-hydrogen) atoms. The molecule has 0 aliphatic carbocycles. The van der Waals surface area contributed by atoms with Crippen molar-refractivity contribution in [3.8, 4) is 23.3 Å². The molecule has 1 aliphatic rings. The number of hydrogen-bond acceptors (Lipinski definition) is 8. The minimum Gasteiger partial charge on any atom is -0.497 e. The van der Waals surface area contributed by atoms with Gasteiger partial charge >= 0.3 is 0 Å². The summed E-state index contributed by atoms with van der Waals surface area (Å²) in [6, 6.07) is 23.4. The van der Waals surface area contributed by atoms with Crippen molar-refractivity contribution >= 4 is 40.4 Å². The van der Waals surface area contributed by atoms with Gasteiger partial charge in [0.2, 0.25) is 0 Å². The van der Waals surface area contributed by atoms with E-state index in [0.717, 1.165) is 16.9 Å². The Labute approximate surface area is 239 Å². The molecule has 206 valence electrons. The van der Waals surface area contributed by atoms with Crippen molar-refractivity contribution in [1.82, 2.24) is 4.57 Å². The summed E-state index contributed by atoms with van der Waals surface area (Å²) in [5.74, 6) is 0.463. The minimum atomic E-state index is -0.851. The van der Waals surface area contributed by atoms with Gasteiger partial charge in [0.1, 0.15) is 27.7 Å². The molecule has 0 saturated heterocycles. The number of allylic oxidation sites excluding steroid dienone is 1. The monoisotopic (exact) mass is 566 g/mol. The predicted molar refractivity (Wildman–Crippen MR) is 158 cm³/mol. The Morgan fingerprint density at radius 3 is 2.29 bits per heavy atom. The van der Waals surface area contributed by atoms with E-state index >= 15 is 0 Å². The molecular formula is C31H26N4O5S. The van der Waals surface area contributed by atoms with Crippen LogP contribution in [0.25, 0.3) is 17.5 Å². The summed E-state index contributed by atoms with van der Waals surface area (Å²) in [5.41, 5.74) is 8.23. The number of ether oxygens (including phenoxy) is 3. The third-order valence-corrected chi connectivity index (χ3v) is 7.79. The third kappa shape index (κ3) is 5.18. The van der Waals surface area contributed by atoms with Crippen LogP contribution in [0.15, 0.2) is 83.2 Å². The van der Waals surface area contributed by atoms with Gasteiger partial charge in [-0.05, 0) is 65.7 Å². The molecule has 1 aliphatic heterocycles. The first kappa shape index (κ1) is 27.3. The molecule has 1 atom stereocenters. The lowest BCUT2D eigenvalue weighted by molar-refractivity contribution is -0.111. The average Bonchev–Trinajstić information content (AvgIpc) is 3.32. The van der Waals surface area contributed by atoms with Gasteiger partial charge in [0, 0.05) is 5.69 Å². The fraction of sp³-hybridized carbons (Fsp3) is 0.129. The van der Waals surface area contributed by atoms with Crippen LogP contribution in [0.1, 0.15) is 17.0 Å². The summed E-state index contributed by atoms with van der Waals surface area (Å²) in [4.78, 5) is 27.7. The lowest BCUT2D eigenvalue weighted by Gasteiger charge is -2.25. The number of fused-ring (bicyclic) bond motifs is 1. The molecule has 1 aromatic heterocycles. The predicted octanol–water partition coefficient (Wildman–Crippen LogP) is 3.00. The topological polar surface area (TPSA) is 129 Å². The number of aromatic nitrogens is 1. The Kier molecular flexibility index (Phi) is 7.63. The van der Waals surface area contributed by atoms with Crippen molar-refractivity contribution in [1.29, 1.82) is 5.26 Å². The second-order valence-electron chi connectivity index (χ2n) is 9.05. The number of nitrogens with two attached hydrogens (primary N) is 1. The second kappa shape index (κ2) is 11.5. The molecule has 0 saturated carbocycles. The molecule has 2 heterocycles. The fourth-order valence-corrected chi connectivity index (χ4v) is 5.85. The van der Waals surface area contributed by atoms with Gasteiger partial charge in [-0.3, -0.25) is 14.2 Å². The maximum atomic E-state index is 14.0. The SMILES string of the molecule is COc1ccc(NC(=O)C2=c3s/c(=C\c4cccc(OC)c4)c(=O)n3C(N)=C(C#N)C2c2cccc(OC)c2)cc1. The maximum absolute atomic E-state index is 14.0. The summed E-state index contributed by atoms with van der Waals surface area (Å²) in [5, 5.41) is 13.2. The van der Waals surface area contributed by atoms with E-state index in [1.54, 1.807) is 81.0 Å². The van der Waals surface area contributed by atoms with Crippen LogP contribution >= 0.6 is 11.3 Å². The number of anilines is 1. The molecular weight excluding hydrogens is 540 g/mol. The van der Waals surface area contributed by atoms with Crippen molar-refractivity contribution in [3.05, 3.63) is 109 Å². The molecule has 0 bridgehead atoms. The van der Waals surface area contributed by atoms with Gasteiger partial charge in [-0.1, -0.05) is 24.3 Å². The summed E-state index contributed by atoms with van der Waals surface area (Å²) in [6.07, 6.45) is 1.71. The molecule has 0 fully saturated rings. The van der Waals surface area contributed by atoms with Crippen molar-refractivity contribution in [3.63, 3.8) is 0 Å². The summed E-state index contributed by atoms with van der Waals surface area (Å²) < 4.78 is 17.9. The molecule has 1 unspecified atom stereocenters. The number of thiazole rings is 1. The Balaban J connectivity index is 1.78. The number of amides is 1. The zero-order valence-electron chi connectivity index (χ0n) is 22.5. The number of rotatable bonds is 7. The van der Waals surface area contributed by atoms with Crippen molar-refractivity contribution in [2.24, 2.45) is 5.73 Å². The molecule has 4 aromatic rings. The largest absolute Gasteiger partial charge is 0.497 e. The average molecular weight is 567 g/mol. The highest BCUT2D eigenvalue weighted by Crippen LogP contribution is 2.37. The van der Waals surface area contributed by atoms with E-state index in [2.05, 4.69) is 11.4 Å². The first-order valence-corrected chi connectivity index (χ1v) is 13.3. The lowest BCUT2D eigenvalue weighted by atomic mass is 9.83. The van der Waals surface area contributed by atoms with Crippen LogP contribution in [0.5, 0.6) is 17.2 Å². The van der Waals surface area contributed by atoms with Gasteiger partial charge < -0.3 is 25.3 Å². The fourth-order valence-electron chi connectivity index (χ4n) is 4.68. The van der Waals surface area contributed by atoms with Crippen LogP contribution in [0.4, 0.5) is 5.69 Å². The highest BCUT2D eigenvalue weighted by Gasteiger charge is 2.36. The van der Waals surface area contributed by atoms with Gasteiger partial charge in [0.05, 0.1) is 49.0 Å². The van der Waals surface area contributed by atoms with Gasteiger partial charge in [-0.25, -0.2) is 0 Å². The molecule has 10 heteroatoms. The first-order chi connectivity index (χ1) is 19.9. The zero-order chi connectivity index (χ0) is 29.1. The summed E-state index contributed by atoms with van der Waals surface area (Å²) in [7, 11) is 4.66. The molecule has 3 aromatic carbocycles. The van der Waals surface area contributed by atoms with Gasteiger partial charge in [0.25, 0.3) is 11.5 Å². The number of nitrogens with zero attached hydrogens (tertiary/aromatic N) is 2.